The van der Waals surface area contributed by atoms with Crippen LogP contribution in [0.4, 0.5) is 0 Å². The summed E-state index contributed by atoms with van der Waals surface area (Å²) in [5.41, 5.74) is 0. The third-order valence-electron chi connectivity index (χ3n) is 3.74. The highest BCUT2D eigenvalue weighted by Crippen LogP contribution is 2.18. The second-order valence-corrected chi connectivity index (χ2v) is 5.24. The zero-order valence-electron chi connectivity index (χ0n) is 11.2. The molecule has 2 N–H and O–H groups in total. The molecular formula is C14H24N2O2. The first kappa shape index (κ1) is 13.6. The molecule has 1 aliphatic heterocycles. The van der Waals surface area contributed by atoms with Gasteiger partial charge in [0.1, 0.15) is 18.1 Å². The van der Waals surface area contributed by atoms with Crippen molar-refractivity contribution in [2.75, 3.05) is 26.7 Å². The Labute approximate surface area is 109 Å². The molecule has 4 heteroatoms. The molecule has 1 aromatic rings. The third-order valence-corrected chi connectivity index (χ3v) is 3.74. The minimum absolute atomic E-state index is 0.0183. The summed E-state index contributed by atoms with van der Waals surface area (Å²) in [7, 11) is 2.20. The topological polar surface area (TPSA) is 48.6 Å². The van der Waals surface area contributed by atoms with Gasteiger partial charge in [-0.3, -0.25) is 0 Å². The summed E-state index contributed by atoms with van der Waals surface area (Å²) in [5, 5.41) is 12.3. The molecule has 0 atom stereocenters. The Morgan fingerprint density at radius 1 is 1.33 bits per heavy atom. The fourth-order valence-electron chi connectivity index (χ4n) is 2.47. The number of hydrogen-bond donors (Lipinski definition) is 2. The van der Waals surface area contributed by atoms with Gasteiger partial charge in [-0.15, -0.1) is 0 Å². The summed E-state index contributed by atoms with van der Waals surface area (Å²) in [6.07, 6.45) is 3.91. The number of furan rings is 1. The second-order valence-electron chi connectivity index (χ2n) is 5.24. The largest absolute Gasteiger partial charge is 0.462 e. The monoisotopic (exact) mass is 252 g/mol. The summed E-state index contributed by atoms with van der Waals surface area (Å²) < 4.78 is 5.42. The number of piperidine rings is 1. The van der Waals surface area contributed by atoms with Crippen LogP contribution in [0.1, 0.15) is 30.8 Å². The average molecular weight is 252 g/mol. The lowest BCUT2D eigenvalue weighted by molar-refractivity contribution is 0.211. The lowest BCUT2D eigenvalue weighted by Gasteiger charge is -2.28. The van der Waals surface area contributed by atoms with E-state index >= 15 is 0 Å². The summed E-state index contributed by atoms with van der Waals surface area (Å²) in [6, 6.07) is 3.75. The van der Waals surface area contributed by atoms with Crippen LogP contribution in [0.3, 0.4) is 0 Å². The maximum atomic E-state index is 8.90. The standard InChI is InChI=1S/C14H24N2O2/c1-16-8-5-12(6-9-16)4-7-15-10-13-2-3-14(11-17)18-13/h2-3,12,15,17H,4-11H2,1H3. The van der Waals surface area contributed by atoms with E-state index in [9.17, 15) is 0 Å². The molecule has 4 nitrogen and oxygen atoms in total. The number of rotatable bonds is 6. The van der Waals surface area contributed by atoms with Crippen LogP contribution in [-0.4, -0.2) is 36.7 Å². The van der Waals surface area contributed by atoms with Crippen molar-refractivity contribution in [1.29, 1.82) is 0 Å². The Kier molecular flexibility index (Phi) is 5.23. The third kappa shape index (κ3) is 4.12. The number of likely N-dealkylation sites (tertiary alicyclic amines) is 1. The Morgan fingerprint density at radius 2 is 2.06 bits per heavy atom. The van der Waals surface area contributed by atoms with E-state index in [4.69, 9.17) is 9.52 Å². The van der Waals surface area contributed by atoms with Crippen LogP contribution in [0.25, 0.3) is 0 Å². The van der Waals surface area contributed by atoms with Crippen molar-refractivity contribution < 1.29 is 9.52 Å². The molecule has 0 bridgehead atoms. The number of hydrogen-bond acceptors (Lipinski definition) is 4. The van der Waals surface area contributed by atoms with Crippen molar-refractivity contribution in [3.8, 4) is 0 Å². The molecular weight excluding hydrogens is 228 g/mol. The average Bonchev–Trinajstić information content (AvgIpc) is 2.85. The second kappa shape index (κ2) is 6.92. The van der Waals surface area contributed by atoms with Gasteiger partial charge in [0.15, 0.2) is 0 Å². The van der Waals surface area contributed by atoms with E-state index in [0.29, 0.717) is 5.76 Å². The van der Waals surface area contributed by atoms with Crippen molar-refractivity contribution in [3.63, 3.8) is 0 Å². The lowest BCUT2D eigenvalue weighted by Crippen LogP contribution is -2.31. The number of nitrogens with one attached hydrogen (secondary N) is 1. The van der Waals surface area contributed by atoms with Gasteiger partial charge in [0.25, 0.3) is 0 Å². The number of nitrogens with zero attached hydrogens (tertiary/aromatic N) is 1. The maximum Gasteiger partial charge on any atom is 0.129 e. The molecule has 1 aliphatic rings. The SMILES string of the molecule is CN1CCC(CCNCc2ccc(CO)o2)CC1. The van der Waals surface area contributed by atoms with Crippen molar-refractivity contribution >= 4 is 0 Å². The van der Waals surface area contributed by atoms with Crippen molar-refractivity contribution in [2.24, 2.45) is 5.92 Å². The molecule has 2 heterocycles. The lowest BCUT2D eigenvalue weighted by atomic mass is 9.94. The van der Waals surface area contributed by atoms with Crippen LogP contribution < -0.4 is 5.32 Å². The van der Waals surface area contributed by atoms with Gasteiger partial charge in [0.05, 0.1) is 6.54 Å². The van der Waals surface area contributed by atoms with Crippen LogP contribution in [0, 0.1) is 5.92 Å². The number of aliphatic hydroxyl groups excluding tert-OH is 1. The molecule has 1 aromatic heterocycles. The Morgan fingerprint density at radius 3 is 2.72 bits per heavy atom. The predicted molar refractivity (Wildman–Crippen MR) is 71.2 cm³/mol. The van der Waals surface area contributed by atoms with E-state index in [1.165, 1.54) is 32.4 Å². The number of aliphatic hydroxyl groups is 1. The minimum Gasteiger partial charge on any atom is -0.462 e. The van der Waals surface area contributed by atoms with E-state index in [0.717, 1.165) is 24.8 Å². The Balaban J connectivity index is 1.58. The van der Waals surface area contributed by atoms with Gasteiger partial charge in [-0.05, 0) is 64.0 Å². The Hall–Kier alpha value is -0.840. The molecule has 102 valence electrons. The molecule has 18 heavy (non-hydrogen) atoms. The minimum atomic E-state index is -0.0183. The van der Waals surface area contributed by atoms with E-state index in [1.807, 2.05) is 12.1 Å². The summed E-state index contributed by atoms with van der Waals surface area (Å²) >= 11 is 0. The summed E-state index contributed by atoms with van der Waals surface area (Å²) in [5.74, 6) is 2.42. The predicted octanol–water partition coefficient (Wildman–Crippen LogP) is 1.59. The summed E-state index contributed by atoms with van der Waals surface area (Å²) in [4.78, 5) is 2.41. The van der Waals surface area contributed by atoms with Crippen LogP contribution in [0.2, 0.25) is 0 Å². The fourth-order valence-corrected chi connectivity index (χ4v) is 2.47. The Bertz CT molecular complexity index is 343. The van der Waals surface area contributed by atoms with Crippen LogP contribution >= 0.6 is 0 Å². The summed E-state index contributed by atoms with van der Waals surface area (Å²) in [6.45, 7) is 4.26. The zero-order valence-corrected chi connectivity index (χ0v) is 11.2. The molecule has 0 spiro atoms. The van der Waals surface area contributed by atoms with Gasteiger partial charge in [-0.2, -0.15) is 0 Å². The maximum absolute atomic E-state index is 8.90. The van der Waals surface area contributed by atoms with Gasteiger partial charge < -0.3 is 19.7 Å². The highest BCUT2D eigenvalue weighted by Gasteiger charge is 2.15. The van der Waals surface area contributed by atoms with Crippen molar-refractivity contribution in [2.45, 2.75) is 32.4 Å². The zero-order chi connectivity index (χ0) is 12.8. The molecule has 0 saturated carbocycles. The van der Waals surface area contributed by atoms with Crippen molar-refractivity contribution in [3.05, 3.63) is 23.7 Å². The van der Waals surface area contributed by atoms with Crippen LogP contribution in [0.5, 0.6) is 0 Å². The van der Waals surface area contributed by atoms with E-state index in [-0.39, 0.29) is 6.61 Å². The molecule has 0 aliphatic carbocycles. The quantitative estimate of drug-likeness (QED) is 0.755. The van der Waals surface area contributed by atoms with E-state index in [1.54, 1.807) is 0 Å². The van der Waals surface area contributed by atoms with E-state index < -0.39 is 0 Å². The highest BCUT2D eigenvalue weighted by atomic mass is 16.4. The molecule has 1 fully saturated rings. The first-order valence-corrected chi connectivity index (χ1v) is 6.85. The first-order valence-electron chi connectivity index (χ1n) is 6.85. The molecule has 0 aromatic carbocycles. The van der Waals surface area contributed by atoms with Gasteiger partial charge in [-0.1, -0.05) is 0 Å². The van der Waals surface area contributed by atoms with Gasteiger partial charge >= 0.3 is 0 Å². The van der Waals surface area contributed by atoms with Crippen molar-refractivity contribution in [1.82, 2.24) is 10.2 Å². The van der Waals surface area contributed by atoms with Crippen LogP contribution in [-0.2, 0) is 13.2 Å². The van der Waals surface area contributed by atoms with Gasteiger partial charge in [-0.25, -0.2) is 0 Å². The normalized spacial score (nSPS) is 18.3. The van der Waals surface area contributed by atoms with E-state index in [2.05, 4.69) is 17.3 Å². The smallest absolute Gasteiger partial charge is 0.129 e. The van der Waals surface area contributed by atoms with Gasteiger partial charge in [0.2, 0.25) is 0 Å². The van der Waals surface area contributed by atoms with Gasteiger partial charge in [0, 0.05) is 0 Å². The fraction of sp³-hybridized carbons (Fsp3) is 0.714. The highest BCUT2D eigenvalue weighted by molar-refractivity contribution is 5.05. The molecule has 2 rings (SSSR count). The first-order chi connectivity index (χ1) is 8.78. The van der Waals surface area contributed by atoms with Crippen LogP contribution in [0.15, 0.2) is 16.5 Å². The molecule has 1 saturated heterocycles. The molecule has 0 radical (unpaired) electrons. The molecule has 0 unspecified atom stereocenters. The molecule has 0 amide bonds.